The quantitative estimate of drug-likeness (QED) is 0.499. The van der Waals surface area contributed by atoms with E-state index in [0.29, 0.717) is 6.42 Å². The van der Waals surface area contributed by atoms with Crippen LogP contribution in [0.2, 0.25) is 0 Å². The predicted octanol–water partition coefficient (Wildman–Crippen LogP) is 2.13. The van der Waals surface area contributed by atoms with Crippen molar-refractivity contribution in [3.63, 3.8) is 0 Å². The van der Waals surface area contributed by atoms with Gasteiger partial charge in [-0.3, -0.25) is 0 Å². The summed E-state index contributed by atoms with van der Waals surface area (Å²) in [4.78, 5) is 0. The van der Waals surface area contributed by atoms with E-state index in [4.69, 9.17) is 4.74 Å². The van der Waals surface area contributed by atoms with Gasteiger partial charge in [0.1, 0.15) is 20.4 Å². The monoisotopic (exact) mass is 481 g/mol. The highest BCUT2D eigenvalue weighted by Gasteiger charge is 2.62. The van der Waals surface area contributed by atoms with Crippen LogP contribution in [0.25, 0.3) is 0 Å². The molecule has 1 fully saturated rings. The van der Waals surface area contributed by atoms with Gasteiger partial charge < -0.3 is 14.4 Å². The number of halogens is 1. The van der Waals surface area contributed by atoms with Crippen LogP contribution in [-0.4, -0.2) is 48.7 Å². The lowest BCUT2D eigenvalue weighted by atomic mass is 9.52. The molecule has 3 rings (SSSR count). The van der Waals surface area contributed by atoms with Gasteiger partial charge in [-0.25, -0.2) is 0 Å². The number of hydrogen-bond acceptors (Lipinski definition) is 4. The van der Waals surface area contributed by atoms with Gasteiger partial charge >= 0.3 is 0 Å². The number of ether oxygens (including phenoxy) is 1. The second-order valence-corrected chi connectivity index (χ2v) is 13.5. The molecule has 4 nitrogen and oxygen atoms in total. The van der Waals surface area contributed by atoms with Crippen molar-refractivity contribution < 1.29 is 14.4 Å². The minimum Gasteiger partial charge on any atom is -0.598 e. The largest absolute Gasteiger partial charge is 0.598 e. The second-order valence-electron chi connectivity index (χ2n) is 10.6. The molecule has 1 aromatic carbocycles. The van der Waals surface area contributed by atoms with Crippen LogP contribution in [0.5, 0.6) is 0 Å². The fourth-order valence-corrected chi connectivity index (χ4v) is 6.71. The van der Waals surface area contributed by atoms with Gasteiger partial charge in [0.15, 0.2) is 0 Å². The van der Waals surface area contributed by atoms with E-state index in [1.54, 1.807) is 7.11 Å². The minimum atomic E-state index is -1.26. The smallest absolute Gasteiger partial charge is 0.136 e. The third-order valence-corrected chi connectivity index (χ3v) is 8.85. The number of benzene rings is 1. The van der Waals surface area contributed by atoms with Gasteiger partial charge in [-0.1, -0.05) is 22.0 Å². The number of nitrogens with one attached hydrogen (secondary N) is 1. The fourth-order valence-electron chi connectivity index (χ4n) is 5.33. The van der Waals surface area contributed by atoms with Crippen LogP contribution in [0.3, 0.4) is 0 Å². The van der Waals surface area contributed by atoms with Crippen LogP contribution < -0.4 is 4.72 Å². The molecule has 2 aliphatic rings. The van der Waals surface area contributed by atoms with Crippen LogP contribution in [0, 0.1) is 5.41 Å². The van der Waals surface area contributed by atoms with Crippen molar-refractivity contribution in [1.29, 1.82) is 0 Å². The Labute approximate surface area is 189 Å². The van der Waals surface area contributed by atoms with Crippen molar-refractivity contribution in [3.8, 4) is 0 Å². The Balaban J connectivity index is 2.16. The number of rotatable bonds is 5. The third kappa shape index (κ3) is 4.63. The number of hydrogen-bond donors (Lipinski definition) is 2. The van der Waals surface area contributed by atoms with Crippen LogP contribution >= 0.6 is 15.9 Å². The summed E-state index contributed by atoms with van der Waals surface area (Å²) < 4.78 is 23.3. The van der Waals surface area contributed by atoms with Crippen LogP contribution in [0.15, 0.2) is 22.7 Å². The molecule has 0 radical (unpaired) electrons. The van der Waals surface area contributed by atoms with E-state index in [0.717, 1.165) is 36.6 Å². The third-order valence-electron chi connectivity index (χ3n) is 6.71. The van der Waals surface area contributed by atoms with Gasteiger partial charge in [-0.05, 0) is 82.6 Å². The highest BCUT2D eigenvalue weighted by molar-refractivity contribution is 9.10. The summed E-state index contributed by atoms with van der Waals surface area (Å²) in [6.07, 6.45) is 5.69. The number of fused-ring (bicyclic) bond motifs is 1. The first-order valence-corrected chi connectivity index (χ1v) is 12.5. The summed E-state index contributed by atoms with van der Waals surface area (Å²) in [5.74, 6) is 0. The maximum Gasteiger partial charge on any atom is 0.136 e. The average molecular weight is 482 g/mol. The van der Waals surface area contributed by atoms with Gasteiger partial charge in [-0.2, -0.15) is 0 Å². The van der Waals surface area contributed by atoms with Crippen molar-refractivity contribution in [2.24, 2.45) is 5.41 Å². The second kappa shape index (κ2) is 8.18. The molecule has 8 heteroatoms. The molecule has 29 heavy (non-hydrogen) atoms. The minimum absolute atomic E-state index is 0.0912. The van der Waals surface area contributed by atoms with E-state index in [1.165, 1.54) is 11.1 Å². The SMILES string of the molecule is BC(B)(O)CC1(N[S+]([O-])C(C)(C)C)c2cc(Br)ccc2C[C@]12CC[C@@H](OC)CC2. The molecular weight excluding hydrogens is 448 g/mol. The first kappa shape index (κ1) is 23.7. The average Bonchev–Trinajstić information content (AvgIpc) is 2.83. The molecule has 2 unspecified atom stereocenters. The molecule has 1 aromatic rings. The van der Waals surface area contributed by atoms with Crippen molar-refractivity contribution in [2.45, 2.75) is 81.1 Å². The Morgan fingerprint density at radius 2 is 1.93 bits per heavy atom. The maximum atomic E-state index is 13.4. The molecule has 0 aliphatic heterocycles. The molecule has 160 valence electrons. The Kier molecular flexibility index (Phi) is 6.68. The molecule has 0 amide bonds. The summed E-state index contributed by atoms with van der Waals surface area (Å²) in [5, 5.41) is 10.1. The summed E-state index contributed by atoms with van der Waals surface area (Å²) in [6.45, 7) is 6.00. The molecule has 2 aliphatic carbocycles. The van der Waals surface area contributed by atoms with E-state index in [-0.39, 0.29) is 11.5 Å². The zero-order valence-electron chi connectivity index (χ0n) is 18.6. The summed E-state index contributed by atoms with van der Waals surface area (Å²) in [5.41, 5.74) is 1.84. The molecule has 1 spiro atoms. The number of methoxy groups -OCH3 is 1. The first-order valence-electron chi connectivity index (χ1n) is 10.6. The summed E-state index contributed by atoms with van der Waals surface area (Å²) in [6, 6.07) is 6.46. The molecule has 1 saturated carbocycles. The van der Waals surface area contributed by atoms with Gasteiger partial charge in [0, 0.05) is 33.8 Å². The van der Waals surface area contributed by atoms with Crippen LogP contribution in [-0.2, 0) is 28.1 Å². The molecule has 0 bridgehead atoms. The predicted molar refractivity (Wildman–Crippen MR) is 129 cm³/mol. The zero-order chi connectivity index (χ0) is 21.7. The maximum absolute atomic E-state index is 13.4. The Morgan fingerprint density at radius 1 is 1.31 bits per heavy atom. The summed E-state index contributed by atoms with van der Waals surface area (Å²) >= 11 is 2.39. The molecule has 0 saturated heterocycles. The molecule has 2 N–H and O–H groups in total. The molecular formula is C21H34B2BrNO3S. The van der Waals surface area contributed by atoms with E-state index < -0.39 is 27.0 Å². The Bertz CT molecular complexity index is 744. The topological polar surface area (TPSA) is 64.5 Å². The van der Waals surface area contributed by atoms with Gasteiger partial charge in [-0.15, -0.1) is 4.72 Å². The Hall–Kier alpha value is 0.0199. The number of aliphatic hydroxyl groups is 1. The van der Waals surface area contributed by atoms with E-state index in [2.05, 4.69) is 38.9 Å². The normalized spacial score (nSPS) is 31.1. The van der Waals surface area contributed by atoms with Crippen molar-refractivity contribution in [1.82, 2.24) is 4.72 Å². The zero-order valence-corrected chi connectivity index (χ0v) is 21.0. The van der Waals surface area contributed by atoms with Gasteiger partial charge in [0.2, 0.25) is 0 Å². The lowest BCUT2D eigenvalue weighted by molar-refractivity contribution is -0.0227. The van der Waals surface area contributed by atoms with E-state index in [1.807, 2.05) is 36.5 Å². The van der Waals surface area contributed by atoms with Gasteiger partial charge in [0.25, 0.3) is 0 Å². The van der Waals surface area contributed by atoms with Crippen molar-refractivity contribution in [3.05, 3.63) is 33.8 Å². The van der Waals surface area contributed by atoms with Crippen LogP contribution in [0.1, 0.15) is 64.0 Å². The highest BCUT2D eigenvalue weighted by Crippen LogP contribution is 2.60. The van der Waals surface area contributed by atoms with E-state index in [9.17, 15) is 9.66 Å². The molecule has 0 heterocycles. The molecule has 0 aromatic heterocycles. The van der Waals surface area contributed by atoms with Crippen molar-refractivity contribution in [2.75, 3.05) is 7.11 Å². The summed E-state index contributed by atoms with van der Waals surface area (Å²) in [7, 11) is 5.52. The lowest BCUT2D eigenvalue weighted by Crippen LogP contribution is -2.62. The Morgan fingerprint density at radius 3 is 2.45 bits per heavy atom. The fraction of sp³-hybridized carbons (Fsp3) is 0.714. The lowest BCUT2D eigenvalue weighted by Gasteiger charge is -2.52. The standard InChI is InChI=1S/C21H34B2BrNO3S/c1-18(2,3)29(27)25-20(13-21(22,23)26)17-11-15(24)6-5-14(17)12-19(20)9-7-16(28-4)8-10-19/h5-6,11,16,25-26H,7-10,12-13,22-23H2,1-4H3/t16-,19-,20?,29?. The van der Waals surface area contributed by atoms with E-state index >= 15 is 0 Å². The first-order chi connectivity index (χ1) is 13.3. The van der Waals surface area contributed by atoms with Gasteiger partial charge in [0.05, 0.1) is 11.6 Å². The highest BCUT2D eigenvalue weighted by atomic mass is 79.9. The molecule has 2 atom stereocenters. The van der Waals surface area contributed by atoms with Crippen LogP contribution in [0.4, 0.5) is 0 Å². The van der Waals surface area contributed by atoms with Crippen molar-refractivity contribution >= 4 is 43.0 Å².